The molecule has 2 heteroatoms. The van der Waals surface area contributed by atoms with Crippen LogP contribution in [0.3, 0.4) is 0 Å². The molecule has 0 aromatic carbocycles. The molecule has 0 heterocycles. The van der Waals surface area contributed by atoms with Crippen LogP contribution in [0, 0.1) is 5.92 Å². The molecule has 146 valence electrons. The number of hydrogen-bond donors (Lipinski definition) is 0. The quantitative estimate of drug-likeness (QED) is 0.177. The predicted molar refractivity (Wildman–Crippen MR) is 114 cm³/mol. The first-order chi connectivity index (χ1) is 12.8. The van der Waals surface area contributed by atoms with Crippen molar-refractivity contribution in [2.24, 2.45) is 5.92 Å². The van der Waals surface area contributed by atoms with E-state index in [1.54, 1.807) is 0 Å². The molecule has 0 aliphatic rings. The second kappa shape index (κ2) is 19.5. The molecule has 2 nitrogen and oxygen atoms in total. The molecule has 0 amide bonds. The van der Waals surface area contributed by atoms with Gasteiger partial charge in [0.05, 0.1) is 12.5 Å². The van der Waals surface area contributed by atoms with Gasteiger partial charge in [0.1, 0.15) is 0 Å². The molecule has 1 unspecified atom stereocenters. The maximum Gasteiger partial charge on any atom is 0.309 e. The molecule has 0 aromatic heterocycles. The van der Waals surface area contributed by atoms with Crippen molar-refractivity contribution in [2.45, 2.75) is 72.1 Å². The molecule has 0 rings (SSSR count). The highest BCUT2D eigenvalue weighted by atomic mass is 16.5. The summed E-state index contributed by atoms with van der Waals surface area (Å²) in [6.07, 6.45) is 29.8. The lowest BCUT2D eigenvalue weighted by Crippen LogP contribution is -2.16. The summed E-state index contributed by atoms with van der Waals surface area (Å²) in [5.74, 6) is -0.0674. The summed E-state index contributed by atoms with van der Waals surface area (Å²) < 4.78 is 5.08. The number of allylic oxidation sites excluding steroid dienone is 10. The Morgan fingerprint density at radius 1 is 0.731 bits per heavy atom. The molecule has 0 bridgehead atoms. The van der Waals surface area contributed by atoms with Gasteiger partial charge in [0.25, 0.3) is 0 Å². The summed E-state index contributed by atoms with van der Waals surface area (Å²) in [6, 6.07) is 0. The molecule has 26 heavy (non-hydrogen) atoms. The molecule has 0 aliphatic heterocycles. The average Bonchev–Trinajstić information content (AvgIpc) is 2.64. The maximum absolute atomic E-state index is 11.7. The minimum Gasteiger partial charge on any atom is -0.466 e. The molecular weight excluding hydrogens is 320 g/mol. The van der Waals surface area contributed by atoms with E-state index in [2.05, 4.69) is 67.7 Å². The first-order valence-electron chi connectivity index (χ1n) is 10.2. The minimum absolute atomic E-state index is 0.00333. The summed E-state index contributed by atoms with van der Waals surface area (Å²) >= 11 is 0. The number of carbonyl (C=O) groups is 1. The second-order valence-corrected chi connectivity index (χ2v) is 6.14. The van der Waals surface area contributed by atoms with E-state index in [-0.39, 0.29) is 11.9 Å². The molecule has 0 N–H and O–H groups in total. The zero-order valence-electron chi connectivity index (χ0n) is 17.0. The van der Waals surface area contributed by atoms with Crippen LogP contribution in [0.15, 0.2) is 60.8 Å². The Bertz CT molecular complexity index is 467. The minimum atomic E-state index is -0.0707. The van der Waals surface area contributed by atoms with Crippen molar-refractivity contribution in [3.8, 4) is 0 Å². The van der Waals surface area contributed by atoms with Gasteiger partial charge in [-0.05, 0) is 58.3 Å². The second-order valence-electron chi connectivity index (χ2n) is 6.14. The number of rotatable bonds is 15. The van der Waals surface area contributed by atoms with E-state index in [1.165, 1.54) is 0 Å². The lowest BCUT2D eigenvalue weighted by molar-refractivity contribution is -0.148. The van der Waals surface area contributed by atoms with Crippen LogP contribution in [0.2, 0.25) is 0 Å². The number of hydrogen-bond acceptors (Lipinski definition) is 2. The highest BCUT2D eigenvalue weighted by molar-refractivity contribution is 5.72. The molecule has 0 radical (unpaired) electrons. The van der Waals surface area contributed by atoms with Crippen LogP contribution in [-0.4, -0.2) is 12.6 Å². The molecule has 0 spiro atoms. The van der Waals surface area contributed by atoms with Crippen LogP contribution in [0.25, 0.3) is 0 Å². The summed E-state index contributed by atoms with van der Waals surface area (Å²) in [7, 11) is 0. The third-order valence-corrected chi connectivity index (χ3v) is 3.92. The SMILES string of the molecule is CCC=CCC=CCC=CCC=CCCC=CCC(CC)C(=O)OCC. The van der Waals surface area contributed by atoms with E-state index < -0.39 is 0 Å². The third-order valence-electron chi connectivity index (χ3n) is 3.92. The zero-order valence-corrected chi connectivity index (χ0v) is 17.0. The van der Waals surface area contributed by atoms with Gasteiger partial charge < -0.3 is 4.74 Å². The van der Waals surface area contributed by atoms with Crippen LogP contribution in [0.1, 0.15) is 72.1 Å². The molecule has 0 aliphatic carbocycles. The van der Waals surface area contributed by atoms with Gasteiger partial charge in [0.15, 0.2) is 0 Å². The van der Waals surface area contributed by atoms with E-state index >= 15 is 0 Å². The predicted octanol–water partition coefficient (Wildman–Crippen LogP) is 7.11. The smallest absolute Gasteiger partial charge is 0.309 e. The van der Waals surface area contributed by atoms with Crippen molar-refractivity contribution in [1.82, 2.24) is 0 Å². The van der Waals surface area contributed by atoms with Gasteiger partial charge in [-0.1, -0.05) is 74.6 Å². The van der Waals surface area contributed by atoms with Crippen LogP contribution in [-0.2, 0) is 9.53 Å². The van der Waals surface area contributed by atoms with Crippen LogP contribution < -0.4 is 0 Å². The fourth-order valence-corrected chi connectivity index (χ4v) is 2.36. The molecule has 1 atom stereocenters. The van der Waals surface area contributed by atoms with Crippen molar-refractivity contribution in [3.63, 3.8) is 0 Å². The van der Waals surface area contributed by atoms with Crippen LogP contribution >= 0.6 is 0 Å². The normalized spacial score (nSPS) is 13.8. The Labute approximate surface area is 161 Å². The van der Waals surface area contributed by atoms with E-state index in [9.17, 15) is 4.79 Å². The lowest BCUT2D eigenvalue weighted by Gasteiger charge is -2.10. The van der Waals surface area contributed by atoms with Gasteiger partial charge in [-0.3, -0.25) is 4.79 Å². The number of ether oxygens (including phenoxy) is 1. The van der Waals surface area contributed by atoms with E-state index in [1.807, 2.05) is 13.8 Å². The largest absolute Gasteiger partial charge is 0.466 e. The topological polar surface area (TPSA) is 26.3 Å². The Hall–Kier alpha value is -1.83. The van der Waals surface area contributed by atoms with Gasteiger partial charge in [0.2, 0.25) is 0 Å². The number of carbonyl (C=O) groups excluding carboxylic acids is 1. The Kier molecular flexibility index (Phi) is 18.1. The van der Waals surface area contributed by atoms with E-state index in [4.69, 9.17) is 4.74 Å². The highest BCUT2D eigenvalue weighted by Crippen LogP contribution is 2.12. The highest BCUT2D eigenvalue weighted by Gasteiger charge is 2.15. The van der Waals surface area contributed by atoms with E-state index in [0.717, 1.165) is 51.4 Å². The van der Waals surface area contributed by atoms with Crippen molar-refractivity contribution < 1.29 is 9.53 Å². The molecular formula is C24H38O2. The van der Waals surface area contributed by atoms with Gasteiger partial charge in [-0.2, -0.15) is 0 Å². The maximum atomic E-state index is 11.7. The fourth-order valence-electron chi connectivity index (χ4n) is 2.36. The van der Waals surface area contributed by atoms with Crippen LogP contribution in [0.4, 0.5) is 0 Å². The lowest BCUT2D eigenvalue weighted by atomic mass is 10.0. The first-order valence-corrected chi connectivity index (χ1v) is 10.2. The standard InChI is InChI=1S/C24H38O2/c1-4-7-8-9-10-11-12-13-14-15-16-17-18-19-20-21-22-23(5-2)24(25)26-6-3/h7-8,10-11,13-14,16-17,20-21,23H,4-6,9,12,15,18-19,22H2,1-3H3. The van der Waals surface area contributed by atoms with Gasteiger partial charge >= 0.3 is 5.97 Å². The molecule has 0 saturated carbocycles. The average molecular weight is 359 g/mol. The van der Waals surface area contributed by atoms with Gasteiger partial charge in [-0.15, -0.1) is 0 Å². The number of esters is 1. The zero-order chi connectivity index (χ0) is 19.3. The molecule has 0 saturated heterocycles. The summed E-state index contributed by atoms with van der Waals surface area (Å²) in [6.45, 7) is 6.50. The van der Waals surface area contributed by atoms with Crippen molar-refractivity contribution in [3.05, 3.63) is 60.8 Å². The first kappa shape index (κ1) is 24.2. The molecule has 0 fully saturated rings. The van der Waals surface area contributed by atoms with Crippen LogP contribution in [0.5, 0.6) is 0 Å². The summed E-state index contributed by atoms with van der Waals surface area (Å²) in [4.78, 5) is 11.7. The van der Waals surface area contributed by atoms with Crippen molar-refractivity contribution in [2.75, 3.05) is 6.61 Å². The van der Waals surface area contributed by atoms with E-state index in [0.29, 0.717) is 6.61 Å². The van der Waals surface area contributed by atoms with Gasteiger partial charge in [-0.25, -0.2) is 0 Å². The fraction of sp³-hybridized carbons (Fsp3) is 0.542. The molecule has 0 aromatic rings. The Morgan fingerprint density at radius 2 is 1.23 bits per heavy atom. The Morgan fingerprint density at radius 3 is 1.73 bits per heavy atom. The van der Waals surface area contributed by atoms with Gasteiger partial charge in [0, 0.05) is 0 Å². The number of unbranched alkanes of at least 4 members (excludes halogenated alkanes) is 1. The summed E-state index contributed by atoms with van der Waals surface area (Å²) in [5, 5.41) is 0. The van der Waals surface area contributed by atoms with Crippen molar-refractivity contribution in [1.29, 1.82) is 0 Å². The summed E-state index contributed by atoms with van der Waals surface area (Å²) in [5.41, 5.74) is 0. The third kappa shape index (κ3) is 15.7. The monoisotopic (exact) mass is 358 g/mol. The Balaban J connectivity index is 3.70. The van der Waals surface area contributed by atoms with Crippen molar-refractivity contribution >= 4 is 5.97 Å².